The van der Waals surface area contributed by atoms with Gasteiger partial charge >= 0.3 is 7.60 Å². The fourth-order valence-corrected chi connectivity index (χ4v) is 4.11. The predicted octanol–water partition coefficient (Wildman–Crippen LogP) is 2.61. The Kier molecular flexibility index (Phi) is 6.70. The third kappa shape index (κ3) is 5.73. The fourth-order valence-electron chi connectivity index (χ4n) is 3.61. The molecule has 4 rings (SSSR count). The van der Waals surface area contributed by atoms with Gasteiger partial charge < -0.3 is 14.6 Å². The molecule has 0 saturated heterocycles. The van der Waals surface area contributed by atoms with Crippen LogP contribution in [0.4, 0.5) is 0 Å². The number of aryl methyl sites for hydroxylation is 3. The zero-order chi connectivity index (χ0) is 23.4. The number of rotatable bonds is 8. The Morgan fingerprint density at radius 3 is 2.21 bits per heavy atom. The molecule has 3 heterocycles. The predicted molar refractivity (Wildman–Crippen MR) is 123 cm³/mol. The summed E-state index contributed by atoms with van der Waals surface area (Å²) in [6.45, 7) is 2.92. The number of fused-ring (bicyclic) bond motifs is 1. The zero-order valence-electron chi connectivity index (χ0n) is 18.2. The number of nitrogens with zero attached hydrogens (tertiary/aromatic N) is 4. The van der Waals surface area contributed by atoms with E-state index in [9.17, 15) is 9.36 Å². The zero-order valence-corrected chi connectivity index (χ0v) is 19.1. The van der Waals surface area contributed by atoms with Gasteiger partial charge in [-0.15, -0.1) is 0 Å². The van der Waals surface area contributed by atoms with E-state index in [4.69, 9.17) is 14.8 Å². The summed E-state index contributed by atoms with van der Waals surface area (Å²) in [7, 11) is -4.02. The molecule has 168 valence electrons. The topological polar surface area (TPSA) is 108 Å². The van der Waals surface area contributed by atoms with Crippen LogP contribution in [0.1, 0.15) is 12.0 Å². The van der Waals surface area contributed by atoms with Gasteiger partial charge in [-0.25, -0.2) is 14.1 Å². The van der Waals surface area contributed by atoms with Crippen LogP contribution in [0.5, 0.6) is 0 Å². The van der Waals surface area contributed by atoms with E-state index in [-0.39, 0.29) is 12.7 Å². The van der Waals surface area contributed by atoms with Crippen LogP contribution in [0.3, 0.4) is 0 Å². The molecule has 3 aromatic heterocycles. The molecule has 0 aliphatic heterocycles. The van der Waals surface area contributed by atoms with Crippen molar-refractivity contribution in [1.82, 2.24) is 9.97 Å². The van der Waals surface area contributed by atoms with Gasteiger partial charge in [-0.3, -0.25) is 9.55 Å². The summed E-state index contributed by atoms with van der Waals surface area (Å²) in [5.74, 6) is 0. The van der Waals surface area contributed by atoms with Crippen molar-refractivity contribution >= 4 is 24.9 Å². The fraction of sp³-hybridized carbons (Fsp3) is 0.208. The van der Waals surface area contributed by atoms with Gasteiger partial charge in [0.1, 0.15) is 12.4 Å². The van der Waals surface area contributed by atoms with Gasteiger partial charge in [0.2, 0.25) is 0 Å². The number of hydrogen-bond donors (Lipinski definition) is 2. The lowest BCUT2D eigenvalue weighted by Crippen LogP contribution is -2.34. The summed E-state index contributed by atoms with van der Waals surface area (Å²) < 4.78 is 14.8. The van der Waals surface area contributed by atoms with Gasteiger partial charge in [-0.1, -0.05) is 0 Å². The summed E-state index contributed by atoms with van der Waals surface area (Å²) in [4.78, 5) is 38.1. The number of pyridine rings is 2. The normalized spacial score (nSPS) is 11.6. The SMILES string of the molecule is Cc1cc(-c2cc[n+](CCC=O)cc2)cc2ncc(-c3cc[n+](CCP(=O)(O)O)cc3)nc12. The van der Waals surface area contributed by atoms with E-state index in [0.717, 1.165) is 45.3 Å². The van der Waals surface area contributed by atoms with Gasteiger partial charge in [0.25, 0.3) is 0 Å². The molecule has 0 aliphatic rings. The lowest BCUT2D eigenvalue weighted by atomic mass is 10.0. The standard InChI is InChI=1S/C24H23N4O4P/c1-18-15-21(19-3-8-27(9-4-19)7-2-13-29)16-22-24(18)26-23(17-25-22)20-5-10-28(11-6-20)12-14-33(30,31)32/h3-6,8-11,13,15-17H,2,7,12,14H2,1H3/p+2. The van der Waals surface area contributed by atoms with E-state index in [2.05, 4.69) is 11.1 Å². The summed E-state index contributed by atoms with van der Waals surface area (Å²) in [5, 5.41) is 0. The first-order chi connectivity index (χ1) is 15.8. The first-order valence-corrected chi connectivity index (χ1v) is 12.4. The number of hydrogen-bond acceptors (Lipinski definition) is 4. The maximum Gasteiger partial charge on any atom is 0.331 e. The Bertz CT molecular complexity index is 1340. The minimum Gasteiger partial charge on any atom is -0.324 e. The number of benzene rings is 1. The van der Waals surface area contributed by atoms with Crippen LogP contribution in [0, 0.1) is 6.92 Å². The van der Waals surface area contributed by atoms with Gasteiger partial charge in [-0.05, 0) is 35.7 Å². The largest absolute Gasteiger partial charge is 0.331 e. The average molecular weight is 464 g/mol. The van der Waals surface area contributed by atoms with Crippen molar-refractivity contribution in [3.05, 3.63) is 72.9 Å². The Labute approximate surface area is 191 Å². The highest BCUT2D eigenvalue weighted by Gasteiger charge is 2.16. The molecule has 0 radical (unpaired) electrons. The van der Waals surface area contributed by atoms with E-state index in [1.165, 1.54) is 0 Å². The Balaban J connectivity index is 1.58. The van der Waals surface area contributed by atoms with Gasteiger partial charge in [0.15, 0.2) is 37.9 Å². The second-order valence-corrected chi connectivity index (χ2v) is 9.69. The summed E-state index contributed by atoms with van der Waals surface area (Å²) in [6.07, 6.45) is 10.4. The molecule has 0 amide bonds. The van der Waals surface area contributed by atoms with Crippen LogP contribution < -0.4 is 9.13 Å². The van der Waals surface area contributed by atoms with Crippen LogP contribution >= 0.6 is 7.60 Å². The second-order valence-electron chi connectivity index (χ2n) is 7.91. The number of aromatic nitrogens is 4. The molecule has 4 aromatic rings. The van der Waals surface area contributed by atoms with Crippen molar-refractivity contribution in [2.24, 2.45) is 0 Å². The molecule has 0 unspecified atom stereocenters. The lowest BCUT2D eigenvalue weighted by Gasteiger charge is -2.08. The monoisotopic (exact) mass is 464 g/mol. The quantitative estimate of drug-likeness (QED) is 0.236. The highest BCUT2D eigenvalue weighted by atomic mass is 31.2. The Morgan fingerprint density at radius 2 is 1.58 bits per heavy atom. The van der Waals surface area contributed by atoms with Gasteiger partial charge in [-0.2, -0.15) is 0 Å². The number of carbonyl (C=O) groups is 1. The molecule has 9 heteroatoms. The third-order valence-corrected chi connectivity index (χ3v) is 6.19. The van der Waals surface area contributed by atoms with Crippen molar-refractivity contribution in [2.75, 3.05) is 6.16 Å². The highest BCUT2D eigenvalue weighted by molar-refractivity contribution is 7.51. The van der Waals surface area contributed by atoms with E-state index in [0.29, 0.717) is 13.0 Å². The average Bonchev–Trinajstić information content (AvgIpc) is 2.81. The van der Waals surface area contributed by atoms with Crippen LogP contribution in [0.2, 0.25) is 0 Å². The van der Waals surface area contributed by atoms with Crippen LogP contribution in [-0.4, -0.2) is 32.2 Å². The molecule has 0 bridgehead atoms. The molecule has 0 spiro atoms. The molecule has 0 atom stereocenters. The maximum atomic E-state index is 11.1. The molecule has 33 heavy (non-hydrogen) atoms. The van der Waals surface area contributed by atoms with E-state index in [1.54, 1.807) is 23.2 Å². The Hall–Kier alpha value is -3.32. The molecule has 8 nitrogen and oxygen atoms in total. The molecule has 0 fully saturated rings. The first-order valence-electron chi connectivity index (χ1n) is 10.6. The number of carbonyl (C=O) groups excluding carboxylic acids is 1. The van der Waals surface area contributed by atoms with Crippen molar-refractivity contribution in [3.8, 4) is 22.4 Å². The second kappa shape index (κ2) is 9.67. The van der Waals surface area contributed by atoms with Gasteiger partial charge in [0.05, 0.1) is 29.3 Å². The van der Waals surface area contributed by atoms with Gasteiger partial charge in [0, 0.05) is 29.8 Å². The molecule has 2 N–H and O–H groups in total. The summed E-state index contributed by atoms with van der Waals surface area (Å²) in [5.41, 5.74) is 6.37. The van der Waals surface area contributed by atoms with Crippen molar-refractivity contribution in [2.45, 2.75) is 26.4 Å². The summed E-state index contributed by atoms with van der Waals surface area (Å²) >= 11 is 0. The third-order valence-electron chi connectivity index (χ3n) is 5.40. The molecule has 0 saturated carbocycles. The molecular formula is C24H25N4O4P+2. The molecular weight excluding hydrogens is 439 g/mol. The Morgan fingerprint density at radius 1 is 0.939 bits per heavy atom. The van der Waals surface area contributed by atoms with Crippen molar-refractivity contribution < 1.29 is 28.3 Å². The van der Waals surface area contributed by atoms with E-state index >= 15 is 0 Å². The van der Waals surface area contributed by atoms with Crippen LogP contribution in [0.25, 0.3) is 33.4 Å². The van der Waals surface area contributed by atoms with E-state index in [1.807, 2.05) is 54.2 Å². The molecule has 0 aliphatic carbocycles. The maximum absolute atomic E-state index is 11.1. The van der Waals surface area contributed by atoms with Crippen LogP contribution in [-0.2, 0) is 22.4 Å². The highest BCUT2D eigenvalue weighted by Crippen LogP contribution is 2.33. The van der Waals surface area contributed by atoms with E-state index < -0.39 is 7.60 Å². The summed E-state index contributed by atoms with van der Waals surface area (Å²) in [6, 6.07) is 11.9. The van der Waals surface area contributed by atoms with Crippen molar-refractivity contribution in [1.29, 1.82) is 0 Å². The lowest BCUT2D eigenvalue weighted by molar-refractivity contribution is -0.695. The minimum atomic E-state index is -4.02. The van der Waals surface area contributed by atoms with Crippen molar-refractivity contribution in [3.63, 3.8) is 0 Å². The smallest absolute Gasteiger partial charge is 0.324 e. The number of aldehydes is 1. The first kappa shape index (κ1) is 22.9. The minimum absolute atomic E-state index is 0.200. The molecule has 1 aromatic carbocycles. The van der Waals surface area contributed by atoms with Crippen LogP contribution in [0.15, 0.2) is 67.4 Å².